The maximum absolute atomic E-state index is 12.9. The van der Waals surface area contributed by atoms with Crippen LogP contribution in [0.25, 0.3) is 0 Å². The van der Waals surface area contributed by atoms with Crippen LogP contribution in [0.15, 0.2) is 285 Å². The molecule has 0 saturated carbocycles. The number of carboxylic acid groups (broad SMARTS) is 6. The molecule has 768 valence electrons. The van der Waals surface area contributed by atoms with Crippen molar-refractivity contribution < 1.29 is 145 Å². The lowest BCUT2D eigenvalue weighted by molar-refractivity contribution is -0.159. The summed E-state index contributed by atoms with van der Waals surface area (Å²) in [5.41, 5.74) is 7.86. The molecule has 0 unspecified atom stereocenters. The number of amides is 18. The minimum absolute atomic E-state index is 0.00679. The summed E-state index contributed by atoms with van der Waals surface area (Å²) >= 11 is 0. The average Bonchev–Trinajstić information content (AvgIpc) is 1.64. The van der Waals surface area contributed by atoms with Gasteiger partial charge < -0.3 is 49.6 Å². The molecule has 0 atom stereocenters. The second kappa shape index (κ2) is 45.8. The summed E-state index contributed by atoms with van der Waals surface area (Å²) in [7, 11) is 2.97. The fourth-order valence-corrected chi connectivity index (χ4v) is 15.8. The van der Waals surface area contributed by atoms with Crippen molar-refractivity contribution in [3.05, 3.63) is 335 Å². The Balaban J connectivity index is 0.000000150. The summed E-state index contributed by atoms with van der Waals surface area (Å²) in [6.45, 7) is 12.4. The molecule has 6 fully saturated rings. The third kappa shape index (κ3) is 24.8. The molecule has 12 aromatic carbocycles. The lowest BCUT2D eigenvalue weighted by Crippen LogP contribution is -2.33. The van der Waals surface area contributed by atoms with Crippen LogP contribution >= 0.6 is 0 Å². The number of alkyl halides is 2. The Morgan fingerprint density at radius 1 is 0.273 bits per heavy atom. The molecule has 0 aliphatic carbocycles. The normalized spacial score (nSPS) is 14.4. The SMILES string of the molecule is CC(C)(C)c1ccc(N2CC(=O)N(c3cccc(C(=O)O)c3)C2=O)cc1.CC(F)(F)Oc1ccc(N2CC(=O)N(c3cccc(C(=O)O)c3)C2=O)cc1.CCOc1ccc(N2CC(=O)N(c3cccc(C(=O)O)c3)C2=O)cc1.COc1ccc(N2CC(=O)N(c3cccc(C(=O)O)c3)C2=O)cc1OC.Cc1ccc(N2CC(=O)N(c3cccc(C(=O)O)c3)C2=O)cc1.Cc1ccc(N2CC(=O)N(c3cccc(C(=O)O)c3)C2=O)cc1. The molecular formula is C108H94F2N12O28. The van der Waals surface area contributed by atoms with Gasteiger partial charge in [-0.1, -0.05) is 105 Å². The zero-order valence-corrected chi connectivity index (χ0v) is 81.4. The van der Waals surface area contributed by atoms with E-state index in [1.54, 1.807) is 84.9 Å². The lowest BCUT2D eigenvalue weighted by Gasteiger charge is -2.21. The topological polar surface area (TPSA) is 504 Å². The van der Waals surface area contributed by atoms with Gasteiger partial charge in [0.1, 0.15) is 50.8 Å². The highest BCUT2D eigenvalue weighted by molar-refractivity contribution is 6.32. The summed E-state index contributed by atoms with van der Waals surface area (Å²) in [4.78, 5) is 230. The van der Waals surface area contributed by atoms with Gasteiger partial charge in [0.15, 0.2) is 11.5 Å². The fourth-order valence-electron chi connectivity index (χ4n) is 15.8. The van der Waals surface area contributed by atoms with E-state index in [1.165, 1.54) is 190 Å². The number of methoxy groups -OCH3 is 2. The van der Waals surface area contributed by atoms with E-state index in [4.69, 9.17) is 44.8 Å². The predicted octanol–water partition coefficient (Wildman–Crippen LogP) is 17.5. The summed E-state index contributed by atoms with van der Waals surface area (Å²) in [5, 5.41) is 54.4. The quantitative estimate of drug-likeness (QED) is 0.0306. The molecule has 40 nitrogen and oxygen atoms in total. The van der Waals surface area contributed by atoms with Crippen LogP contribution in [0.4, 0.5) is 106 Å². The third-order valence-corrected chi connectivity index (χ3v) is 23.2. The van der Waals surface area contributed by atoms with E-state index in [1.807, 2.05) is 69.3 Å². The Kier molecular flexibility index (Phi) is 32.8. The molecule has 150 heavy (non-hydrogen) atoms. The summed E-state index contributed by atoms with van der Waals surface area (Å²) in [6, 6.07) is 70.1. The molecule has 6 heterocycles. The minimum atomic E-state index is -3.34. The summed E-state index contributed by atoms with van der Waals surface area (Å²) in [5.74, 6) is -7.83. The van der Waals surface area contributed by atoms with Crippen molar-refractivity contribution in [1.82, 2.24) is 0 Å². The first-order chi connectivity index (χ1) is 71.2. The van der Waals surface area contributed by atoms with Gasteiger partial charge in [-0.25, -0.2) is 86.9 Å². The van der Waals surface area contributed by atoms with E-state index >= 15 is 0 Å². The Morgan fingerprint density at radius 2 is 0.487 bits per heavy atom. The van der Waals surface area contributed by atoms with Crippen molar-refractivity contribution >= 4 is 176 Å². The summed E-state index contributed by atoms with van der Waals surface area (Å²) in [6.07, 6.45) is -3.34. The smallest absolute Gasteiger partial charge is 0.394 e. The van der Waals surface area contributed by atoms with E-state index in [0.29, 0.717) is 64.9 Å². The number of anilines is 12. The average molecular weight is 2050 g/mol. The van der Waals surface area contributed by atoms with Crippen LogP contribution in [-0.4, -0.2) is 204 Å². The van der Waals surface area contributed by atoms with Gasteiger partial charge in [0.05, 0.1) is 88.3 Å². The number of urea groups is 6. The number of carbonyl (C=O) groups excluding carboxylic acids is 12. The van der Waals surface area contributed by atoms with Crippen LogP contribution in [0.3, 0.4) is 0 Å². The molecule has 0 radical (unpaired) electrons. The molecular weight excluding hydrogens is 1950 g/mol. The molecule has 6 saturated heterocycles. The number of imide groups is 6. The number of hydrogen-bond donors (Lipinski definition) is 6. The van der Waals surface area contributed by atoms with E-state index in [9.17, 15) is 95.1 Å². The van der Waals surface area contributed by atoms with Gasteiger partial charge in [0.25, 0.3) is 35.4 Å². The van der Waals surface area contributed by atoms with Crippen LogP contribution in [0.2, 0.25) is 0 Å². The van der Waals surface area contributed by atoms with Crippen LogP contribution in [-0.2, 0) is 34.2 Å². The van der Waals surface area contributed by atoms with Crippen molar-refractivity contribution in [2.75, 3.05) is 119 Å². The van der Waals surface area contributed by atoms with Crippen LogP contribution < -0.4 is 77.7 Å². The largest absolute Gasteiger partial charge is 0.494 e. The van der Waals surface area contributed by atoms with Crippen molar-refractivity contribution in [3.8, 4) is 23.0 Å². The standard InChI is InChI=1S/C20H20N2O4.C18H14F2N2O5.C18H16N2O6.C18H16N2O5.2C17H14N2O4/c1-20(2,3)14-7-9-15(10-8-14)21-12-17(23)22(19(21)26)16-6-4-5-13(11-16)18(24)25;1-18(19,20)27-14-7-5-12(6-8-14)21-10-15(23)22(17(21)26)13-4-2-3-11(9-13)16(24)25;1-25-14-7-6-12(9-15(14)26-2)19-10-16(21)20(18(19)24)13-5-3-4-11(8-13)17(22)23;1-2-25-15-8-6-13(7-9-15)19-11-16(21)20(18(19)24)14-5-3-4-12(10-14)17(22)23;2*1-11-5-7-13(8-6-11)18-10-15(20)19(17(18)23)14-4-2-3-12(9-14)16(21)22/h4-11H,12H2,1-3H3,(H,24,25);2-9H,10H2,1H3,(H,24,25);3-9H,10H2,1-2H3,(H,22,23);3-10H,2,11H2,1H3,(H,22,23);2*2-9H,10H2,1H3,(H,21,22). The highest BCUT2D eigenvalue weighted by atomic mass is 19.3. The second-order valence-corrected chi connectivity index (χ2v) is 34.6. The number of rotatable bonds is 24. The number of nitrogens with zero attached hydrogens (tertiary/aromatic N) is 12. The number of carboxylic acids is 6. The van der Waals surface area contributed by atoms with Crippen LogP contribution in [0.5, 0.6) is 23.0 Å². The van der Waals surface area contributed by atoms with Gasteiger partial charge in [-0.15, -0.1) is 0 Å². The Morgan fingerprint density at radius 3 is 0.700 bits per heavy atom. The maximum Gasteiger partial charge on any atom is 0.394 e. The van der Waals surface area contributed by atoms with Crippen molar-refractivity contribution in [2.45, 2.75) is 60.0 Å². The highest BCUT2D eigenvalue weighted by Crippen LogP contribution is 2.39. The van der Waals surface area contributed by atoms with Crippen molar-refractivity contribution in [3.63, 3.8) is 0 Å². The van der Waals surface area contributed by atoms with Gasteiger partial charge in [-0.05, 0) is 238 Å². The number of halogens is 2. The molecule has 18 rings (SSSR count). The maximum atomic E-state index is 12.9. The number of carbonyl (C=O) groups is 18. The third-order valence-electron chi connectivity index (χ3n) is 23.2. The number of hydrogen-bond acceptors (Lipinski definition) is 22. The van der Waals surface area contributed by atoms with Crippen molar-refractivity contribution in [2.24, 2.45) is 0 Å². The van der Waals surface area contributed by atoms with Crippen LogP contribution in [0, 0.1) is 13.8 Å². The number of ether oxygens (including phenoxy) is 4. The predicted molar refractivity (Wildman–Crippen MR) is 544 cm³/mol. The van der Waals surface area contributed by atoms with Gasteiger partial charge in [0.2, 0.25) is 0 Å². The Hall–Kier alpha value is -19.8. The minimum Gasteiger partial charge on any atom is -0.494 e. The molecule has 6 aliphatic rings. The highest BCUT2D eigenvalue weighted by Gasteiger charge is 2.45. The van der Waals surface area contributed by atoms with Crippen molar-refractivity contribution in [1.29, 1.82) is 0 Å². The monoisotopic (exact) mass is 2040 g/mol. The number of aryl methyl sites for hydroxylation is 2. The molecule has 6 aliphatic heterocycles. The molecule has 42 heteroatoms. The number of benzene rings is 12. The Bertz CT molecular complexity index is 7210. The van der Waals surface area contributed by atoms with E-state index in [-0.39, 0.29) is 118 Å². The van der Waals surface area contributed by atoms with Gasteiger partial charge >= 0.3 is 78.1 Å². The molecule has 18 amide bonds. The van der Waals surface area contributed by atoms with Gasteiger partial charge in [0, 0.05) is 47.1 Å². The first kappa shape index (κ1) is 107. The molecule has 6 N–H and O–H groups in total. The van der Waals surface area contributed by atoms with Gasteiger partial charge in [-0.2, -0.15) is 8.78 Å². The molecule has 0 aromatic heterocycles. The van der Waals surface area contributed by atoms with E-state index in [2.05, 4.69) is 25.5 Å². The van der Waals surface area contributed by atoms with Gasteiger partial charge in [-0.3, -0.25) is 58.2 Å². The first-order valence-corrected chi connectivity index (χ1v) is 45.5. The first-order valence-electron chi connectivity index (χ1n) is 45.5. The van der Waals surface area contributed by atoms with E-state index in [0.717, 1.165) is 51.0 Å². The molecule has 0 bridgehead atoms. The molecule has 0 spiro atoms. The molecule has 12 aromatic rings. The number of aromatic carboxylic acids is 6. The van der Waals surface area contributed by atoms with E-state index < -0.39 is 114 Å². The Labute approximate surface area is 853 Å². The zero-order chi connectivity index (χ0) is 109. The van der Waals surface area contributed by atoms with Crippen LogP contribution in [0.1, 0.15) is 113 Å². The zero-order valence-electron chi connectivity index (χ0n) is 81.4. The lowest BCUT2D eigenvalue weighted by atomic mass is 9.87. The summed E-state index contributed by atoms with van der Waals surface area (Å²) < 4.78 is 45.9. The fraction of sp³-hybridized carbons (Fsp3) is 0.167. The second-order valence-electron chi connectivity index (χ2n) is 34.6.